The highest BCUT2D eigenvalue weighted by Gasteiger charge is 2.20. The quantitative estimate of drug-likeness (QED) is 0.717. The number of rotatable bonds is 5. The zero-order valence-electron chi connectivity index (χ0n) is 18.2. The fourth-order valence-corrected chi connectivity index (χ4v) is 2.86. The minimum atomic E-state index is -0.209. The van der Waals surface area contributed by atoms with Gasteiger partial charge in [0.15, 0.2) is 6.61 Å². The Labute approximate surface area is 177 Å². The van der Waals surface area contributed by atoms with Crippen LogP contribution in [-0.2, 0) is 4.79 Å². The van der Waals surface area contributed by atoms with E-state index in [1.165, 1.54) is 23.9 Å². The van der Waals surface area contributed by atoms with Crippen LogP contribution in [0.4, 0.5) is 5.69 Å². The number of carbonyl (C=O) groups excluding carboxylic acids is 2. The molecule has 0 saturated heterocycles. The summed E-state index contributed by atoms with van der Waals surface area (Å²) in [7, 11) is 5.08. The maximum absolute atomic E-state index is 13.1. The molecule has 0 bridgehead atoms. The second kappa shape index (κ2) is 9.00. The summed E-state index contributed by atoms with van der Waals surface area (Å²) in [6.45, 7) is 3.70. The molecule has 30 heavy (non-hydrogen) atoms. The van der Waals surface area contributed by atoms with Gasteiger partial charge in [-0.25, -0.2) is 4.98 Å². The first-order valence-corrected chi connectivity index (χ1v) is 9.96. The molecule has 156 valence electrons. The molecule has 2 aromatic rings. The summed E-state index contributed by atoms with van der Waals surface area (Å²) in [5.41, 5.74) is 3.73. The third-order valence-corrected chi connectivity index (χ3v) is 4.99. The highest BCUT2D eigenvalue weighted by Crippen LogP contribution is 2.28. The Balaban J connectivity index is 1.76. The summed E-state index contributed by atoms with van der Waals surface area (Å²) in [5.74, 6) is 7.08. The lowest BCUT2D eigenvalue weighted by atomic mass is 10.1. The fourth-order valence-electron chi connectivity index (χ4n) is 2.86. The van der Waals surface area contributed by atoms with Gasteiger partial charge >= 0.3 is 0 Å². The molecule has 0 aliphatic heterocycles. The van der Waals surface area contributed by atoms with E-state index in [9.17, 15) is 9.59 Å². The molecule has 1 fully saturated rings. The van der Waals surface area contributed by atoms with Crippen LogP contribution in [0.5, 0.6) is 5.75 Å². The molecule has 1 aliphatic carbocycles. The lowest BCUT2D eigenvalue weighted by Crippen LogP contribution is -2.29. The molecule has 1 saturated carbocycles. The highest BCUT2D eigenvalue weighted by molar-refractivity contribution is 6.05. The molecule has 3 rings (SSSR count). The molecule has 1 heterocycles. The van der Waals surface area contributed by atoms with Gasteiger partial charge in [-0.3, -0.25) is 9.59 Å². The lowest BCUT2D eigenvalue weighted by Gasteiger charge is -2.20. The number of aromatic nitrogens is 1. The SMILES string of the molecule is Cc1ccc(C#CC2CC2)cc1N(C)C(=O)c1ncc(OCC(=O)N(C)C)cc1C. The number of nitrogens with zero attached hydrogens (tertiary/aromatic N) is 3. The number of aryl methyl sites for hydroxylation is 2. The Kier molecular flexibility index (Phi) is 6.41. The van der Waals surface area contributed by atoms with Crippen molar-refractivity contribution in [1.29, 1.82) is 0 Å². The first-order chi connectivity index (χ1) is 14.3. The van der Waals surface area contributed by atoms with Crippen molar-refractivity contribution in [2.75, 3.05) is 32.6 Å². The minimum absolute atomic E-state index is 0.0742. The number of hydrogen-bond donors (Lipinski definition) is 0. The summed E-state index contributed by atoms with van der Waals surface area (Å²) in [5, 5.41) is 0. The molecule has 6 heteroatoms. The van der Waals surface area contributed by atoms with Gasteiger partial charge in [-0.2, -0.15) is 0 Å². The van der Waals surface area contributed by atoms with Crippen LogP contribution in [0.1, 0.15) is 40.0 Å². The van der Waals surface area contributed by atoms with Gasteiger partial charge < -0.3 is 14.5 Å². The Morgan fingerprint density at radius 1 is 1.13 bits per heavy atom. The van der Waals surface area contributed by atoms with E-state index in [0.29, 0.717) is 22.9 Å². The van der Waals surface area contributed by atoms with Crippen molar-refractivity contribution in [3.05, 3.63) is 52.8 Å². The number of benzene rings is 1. The zero-order chi connectivity index (χ0) is 21.8. The summed E-state index contributed by atoms with van der Waals surface area (Å²) in [4.78, 5) is 32.1. The van der Waals surface area contributed by atoms with E-state index in [2.05, 4.69) is 16.8 Å². The number of anilines is 1. The maximum Gasteiger partial charge on any atom is 0.276 e. The van der Waals surface area contributed by atoms with Crippen LogP contribution in [0, 0.1) is 31.6 Å². The average Bonchev–Trinajstić information content (AvgIpc) is 3.55. The topological polar surface area (TPSA) is 62.7 Å². The third kappa shape index (κ3) is 5.18. The van der Waals surface area contributed by atoms with Crippen LogP contribution in [0.15, 0.2) is 30.5 Å². The molecular formula is C24H27N3O3. The number of ether oxygens (including phenoxy) is 1. The Morgan fingerprint density at radius 2 is 1.87 bits per heavy atom. The summed E-state index contributed by atoms with van der Waals surface area (Å²) in [6.07, 6.45) is 3.83. The van der Waals surface area contributed by atoms with Crippen molar-refractivity contribution >= 4 is 17.5 Å². The van der Waals surface area contributed by atoms with Crippen LogP contribution in [0.3, 0.4) is 0 Å². The van der Waals surface area contributed by atoms with Crippen molar-refractivity contribution in [3.63, 3.8) is 0 Å². The lowest BCUT2D eigenvalue weighted by molar-refractivity contribution is -0.130. The third-order valence-electron chi connectivity index (χ3n) is 4.99. The van der Waals surface area contributed by atoms with Crippen LogP contribution in [0.25, 0.3) is 0 Å². The molecule has 0 N–H and O–H groups in total. The van der Waals surface area contributed by atoms with E-state index >= 15 is 0 Å². The second-order valence-corrected chi connectivity index (χ2v) is 7.82. The fraction of sp³-hybridized carbons (Fsp3) is 0.375. The monoisotopic (exact) mass is 405 g/mol. The van der Waals surface area contributed by atoms with Crippen LogP contribution in [0.2, 0.25) is 0 Å². The zero-order valence-corrected chi connectivity index (χ0v) is 18.2. The van der Waals surface area contributed by atoms with Crippen molar-refractivity contribution in [2.24, 2.45) is 5.92 Å². The number of hydrogen-bond acceptors (Lipinski definition) is 4. The molecular weight excluding hydrogens is 378 g/mol. The van der Waals surface area contributed by atoms with Crippen molar-refractivity contribution < 1.29 is 14.3 Å². The van der Waals surface area contributed by atoms with E-state index < -0.39 is 0 Å². The van der Waals surface area contributed by atoms with Gasteiger partial charge in [0.1, 0.15) is 11.4 Å². The average molecular weight is 405 g/mol. The molecule has 0 radical (unpaired) electrons. The molecule has 0 spiro atoms. The van der Waals surface area contributed by atoms with Gasteiger partial charge in [-0.15, -0.1) is 0 Å². The van der Waals surface area contributed by atoms with Gasteiger partial charge in [0, 0.05) is 38.3 Å². The van der Waals surface area contributed by atoms with E-state index in [-0.39, 0.29) is 18.4 Å². The Bertz CT molecular complexity index is 1030. The van der Waals surface area contributed by atoms with Gasteiger partial charge in [0.25, 0.3) is 11.8 Å². The van der Waals surface area contributed by atoms with Gasteiger partial charge in [-0.05, 0) is 56.0 Å². The largest absolute Gasteiger partial charge is 0.482 e. The minimum Gasteiger partial charge on any atom is -0.482 e. The molecule has 1 aromatic heterocycles. The predicted octanol–water partition coefficient (Wildman–Crippen LogP) is 3.20. The molecule has 1 aromatic carbocycles. The molecule has 0 unspecified atom stereocenters. The smallest absolute Gasteiger partial charge is 0.276 e. The summed E-state index contributed by atoms with van der Waals surface area (Å²) in [6, 6.07) is 7.63. The Hall–Kier alpha value is -3.33. The standard InChI is InChI=1S/C24H27N3O3/c1-16-6-7-19(11-10-18-8-9-18)13-21(16)27(5)24(29)23-17(2)12-20(14-25-23)30-15-22(28)26(3)4/h6-7,12-14,18H,8-9,15H2,1-5H3. The summed E-state index contributed by atoms with van der Waals surface area (Å²) >= 11 is 0. The van der Waals surface area contributed by atoms with Crippen molar-refractivity contribution in [2.45, 2.75) is 26.7 Å². The number of pyridine rings is 1. The van der Waals surface area contributed by atoms with Gasteiger partial charge in [-0.1, -0.05) is 17.9 Å². The maximum atomic E-state index is 13.1. The first-order valence-electron chi connectivity index (χ1n) is 9.96. The predicted molar refractivity (Wildman–Crippen MR) is 117 cm³/mol. The molecule has 6 nitrogen and oxygen atoms in total. The number of amides is 2. The normalized spacial score (nSPS) is 12.6. The number of carbonyl (C=O) groups is 2. The van der Waals surface area contributed by atoms with Crippen LogP contribution in [-0.4, -0.2) is 49.4 Å². The van der Waals surface area contributed by atoms with Crippen LogP contribution < -0.4 is 9.64 Å². The summed E-state index contributed by atoms with van der Waals surface area (Å²) < 4.78 is 5.48. The highest BCUT2D eigenvalue weighted by atomic mass is 16.5. The molecule has 1 aliphatic rings. The van der Waals surface area contributed by atoms with E-state index in [0.717, 1.165) is 16.8 Å². The molecule has 0 atom stereocenters. The Morgan fingerprint density at radius 3 is 2.50 bits per heavy atom. The van der Waals surface area contributed by atoms with E-state index in [1.807, 2.05) is 25.1 Å². The first kappa shape index (κ1) is 21.4. The molecule has 2 amide bonds. The van der Waals surface area contributed by atoms with E-state index in [4.69, 9.17) is 4.74 Å². The van der Waals surface area contributed by atoms with Gasteiger partial charge in [0.2, 0.25) is 0 Å². The van der Waals surface area contributed by atoms with E-state index in [1.54, 1.807) is 39.0 Å². The van der Waals surface area contributed by atoms with Crippen molar-refractivity contribution in [3.8, 4) is 17.6 Å². The van der Waals surface area contributed by atoms with Crippen LogP contribution >= 0.6 is 0 Å². The number of likely N-dealkylation sites (N-methyl/N-ethyl adjacent to an activating group) is 1. The van der Waals surface area contributed by atoms with Crippen molar-refractivity contribution in [1.82, 2.24) is 9.88 Å². The van der Waals surface area contributed by atoms with Gasteiger partial charge in [0.05, 0.1) is 6.20 Å². The second-order valence-electron chi connectivity index (χ2n) is 7.82.